The third-order valence-electron chi connectivity index (χ3n) is 5.28. The van der Waals surface area contributed by atoms with Gasteiger partial charge in [-0.1, -0.05) is 36.8 Å². The smallest absolute Gasteiger partial charge is 0.239 e. The van der Waals surface area contributed by atoms with Crippen LogP contribution < -0.4 is 0 Å². The molecule has 0 bridgehead atoms. The first-order chi connectivity index (χ1) is 11.8. The van der Waals surface area contributed by atoms with Crippen LogP contribution in [-0.4, -0.2) is 54.1 Å². The Morgan fingerprint density at radius 1 is 1.08 bits per heavy atom. The summed E-state index contributed by atoms with van der Waals surface area (Å²) in [7, 11) is 0. The minimum atomic E-state index is 0.0580. The number of carbonyl (C=O) groups is 1. The van der Waals surface area contributed by atoms with Crippen LogP contribution in [-0.2, 0) is 16.1 Å². The maximum Gasteiger partial charge on any atom is 0.239 e. The Morgan fingerprint density at radius 3 is 2.54 bits per heavy atom. The molecule has 2 saturated heterocycles. The molecule has 1 aromatic rings. The van der Waals surface area contributed by atoms with Gasteiger partial charge in [0.25, 0.3) is 0 Å². The number of ether oxygens (including phenoxy) is 1. The number of benzene rings is 1. The Bertz CT molecular complexity index is 512. The lowest BCUT2D eigenvalue weighted by Gasteiger charge is -2.40. The molecule has 0 saturated carbocycles. The van der Waals surface area contributed by atoms with Gasteiger partial charge in [0.15, 0.2) is 0 Å². The van der Waals surface area contributed by atoms with Gasteiger partial charge in [0, 0.05) is 26.2 Å². The Balaban J connectivity index is 1.59. The van der Waals surface area contributed by atoms with E-state index in [-0.39, 0.29) is 6.04 Å². The minimum absolute atomic E-state index is 0.0580. The van der Waals surface area contributed by atoms with Crippen molar-refractivity contribution in [3.05, 3.63) is 35.9 Å². The molecule has 1 aromatic carbocycles. The molecule has 0 aromatic heterocycles. The van der Waals surface area contributed by atoms with Crippen LogP contribution in [0.4, 0.5) is 0 Å². The molecule has 2 aliphatic rings. The van der Waals surface area contributed by atoms with Crippen molar-refractivity contribution in [3.63, 3.8) is 0 Å². The Morgan fingerprint density at radius 2 is 1.83 bits per heavy atom. The van der Waals surface area contributed by atoms with E-state index >= 15 is 0 Å². The minimum Gasteiger partial charge on any atom is -0.378 e. The monoisotopic (exact) mass is 330 g/mol. The zero-order valence-corrected chi connectivity index (χ0v) is 14.8. The number of nitrogens with zero attached hydrogens (tertiary/aromatic N) is 2. The molecular weight excluding hydrogens is 300 g/mol. The van der Waals surface area contributed by atoms with E-state index in [0.29, 0.717) is 12.0 Å². The van der Waals surface area contributed by atoms with E-state index in [2.05, 4.69) is 34.1 Å². The summed E-state index contributed by atoms with van der Waals surface area (Å²) in [6.45, 7) is 6.42. The molecular formula is C20H30N2O2. The Kier molecular flexibility index (Phi) is 6.27. The van der Waals surface area contributed by atoms with Crippen LogP contribution in [0.25, 0.3) is 0 Å². The summed E-state index contributed by atoms with van der Waals surface area (Å²) in [5.41, 5.74) is 1.30. The number of piperidine rings is 2. The quantitative estimate of drug-likeness (QED) is 0.832. The van der Waals surface area contributed by atoms with Crippen LogP contribution in [0, 0.1) is 0 Å². The molecule has 1 atom stereocenters. The van der Waals surface area contributed by atoms with Gasteiger partial charge in [0.05, 0.1) is 12.1 Å². The van der Waals surface area contributed by atoms with Crippen molar-refractivity contribution in [2.45, 2.75) is 57.7 Å². The highest BCUT2D eigenvalue weighted by molar-refractivity contribution is 5.82. The summed E-state index contributed by atoms with van der Waals surface area (Å²) < 4.78 is 5.71. The lowest BCUT2D eigenvalue weighted by Crippen LogP contribution is -2.52. The van der Waals surface area contributed by atoms with Gasteiger partial charge < -0.3 is 9.64 Å². The topological polar surface area (TPSA) is 32.8 Å². The number of carbonyl (C=O) groups excluding carboxylic acids is 1. The van der Waals surface area contributed by atoms with Crippen molar-refractivity contribution in [2.24, 2.45) is 0 Å². The van der Waals surface area contributed by atoms with Gasteiger partial charge in [-0.25, -0.2) is 0 Å². The normalized spacial score (nSPS) is 23.4. The van der Waals surface area contributed by atoms with Gasteiger partial charge in [-0.05, 0) is 44.7 Å². The second-order valence-corrected chi connectivity index (χ2v) is 6.95. The summed E-state index contributed by atoms with van der Waals surface area (Å²) in [5.74, 6) is 0.334. The van der Waals surface area contributed by atoms with Gasteiger partial charge in [-0.3, -0.25) is 9.69 Å². The fraction of sp³-hybridized carbons (Fsp3) is 0.650. The molecule has 0 aliphatic carbocycles. The highest BCUT2D eigenvalue weighted by Crippen LogP contribution is 2.23. The van der Waals surface area contributed by atoms with E-state index in [1.54, 1.807) is 0 Å². The molecule has 0 spiro atoms. The van der Waals surface area contributed by atoms with Crippen LogP contribution >= 0.6 is 0 Å². The first kappa shape index (κ1) is 17.4. The first-order valence-electron chi connectivity index (χ1n) is 9.46. The van der Waals surface area contributed by atoms with E-state index in [1.807, 2.05) is 13.0 Å². The predicted molar refractivity (Wildman–Crippen MR) is 95.7 cm³/mol. The summed E-state index contributed by atoms with van der Waals surface area (Å²) >= 11 is 0. The number of amides is 1. The van der Waals surface area contributed by atoms with Gasteiger partial charge in [-0.2, -0.15) is 0 Å². The molecule has 24 heavy (non-hydrogen) atoms. The molecule has 1 amide bonds. The molecule has 1 unspecified atom stereocenters. The zero-order chi connectivity index (χ0) is 16.8. The molecule has 3 rings (SSSR count). The van der Waals surface area contributed by atoms with Crippen LogP contribution in [0.3, 0.4) is 0 Å². The Labute approximate surface area is 145 Å². The number of hydrogen-bond donors (Lipinski definition) is 0. The van der Waals surface area contributed by atoms with E-state index < -0.39 is 0 Å². The Hall–Kier alpha value is -1.39. The molecule has 4 nitrogen and oxygen atoms in total. The molecule has 0 radical (unpaired) electrons. The van der Waals surface area contributed by atoms with Crippen LogP contribution in [0.5, 0.6) is 0 Å². The van der Waals surface area contributed by atoms with Crippen LogP contribution in [0.1, 0.15) is 44.6 Å². The third kappa shape index (κ3) is 4.37. The summed E-state index contributed by atoms with van der Waals surface area (Å²) in [4.78, 5) is 17.5. The summed E-state index contributed by atoms with van der Waals surface area (Å²) in [5, 5.41) is 0. The van der Waals surface area contributed by atoms with Gasteiger partial charge in [0.2, 0.25) is 5.91 Å². The van der Waals surface area contributed by atoms with Crippen LogP contribution in [0.15, 0.2) is 30.3 Å². The molecule has 4 heteroatoms. The SMILES string of the molecule is CCOC1CCN(C(=O)C2CCCCN2Cc2ccccc2)CC1. The first-order valence-corrected chi connectivity index (χ1v) is 9.46. The van der Waals surface area contributed by atoms with E-state index in [1.165, 1.54) is 12.0 Å². The predicted octanol–water partition coefficient (Wildman–Crippen LogP) is 3.07. The summed E-state index contributed by atoms with van der Waals surface area (Å²) in [6, 6.07) is 10.6. The second kappa shape index (κ2) is 8.63. The fourth-order valence-corrected chi connectivity index (χ4v) is 3.97. The molecule has 0 N–H and O–H groups in total. The van der Waals surface area contributed by atoms with E-state index in [0.717, 1.165) is 58.5 Å². The standard InChI is InChI=1S/C20H30N2O2/c1-2-24-18-11-14-21(15-12-18)20(23)19-10-6-7-13-22(19)16-17-8-4-3-5-9-17/h3-5,8-9,18-19H,2,6-7,10-16H2,1H3. The average molecular weight is 330 g/mol. The maximum atomic E-state index is 13.1. The molecule has 2 aliphatic heterocycles. The molecule has 2 heterocycles. The zero-order valence-electron chi connectivity index (χ0n) is 14.8. The highest BCUT2D eigenvalue weighted by Gasteiger charge is 2.33. The second-order valence-electron chi connectivity index (χ2n) is 6.95. The third-order valence-corrected chi connectivity index (χ3v) is 5.28. The van der Waals surface area contributed by atoms with E-state index in [4.69, 9.17) is 4.74 Å². The lowest BCUT2D eigenvalue weighted by atomic mass is 9.98. The lowest BCUT2D eigenvalue weighted by molar-refractivity contribution is -0.141. The number of hydrogen-bond acceptors (Lipinski definition) is 3. The molecule has 132 valence electrons. The van der Waals surface area contributed by atoms with E-state index in [9.17, 15) is 4.79 Å². The van der Waals surface area contributed by atoms with Crippen molar-refractivity contribution in [2.75, 3.05) is 26.2 Å². The van der Waals surface area contributed by atoms with Crippen LogP contribution in [0.2, 0.25) is 0 Å². The van der Waals surface area contributed by atoms with Gasteiger partial charge in [-0.15, -0.1) is 0 Å². The van der Waals surface area contributed by atoms with Gasteiger partial charge in [0.1, 0.15) is 0 Å². The number of likely N-dealkylation sites (tertiary alicyclic amines) is 2. The fourth-order valence-electron chi connectivity index (χ4n) is 3.97. The summed E-state index contributed by atoms with van der Waals surface area (Å²) in [6.07, 6.45) is 5.65. The van der Waals surface area contributed by atoms with Crippen molar-refractivity contribution >= 4 is 5.91 Å². The maximum absolute atomic E-state index is 13.1. The van der Waals surface area contributed by atoms with Crippen molar-refractivity contribution in [1.82, 2.24) is 9.80 Å². The highest BCUT2D eigenvalue weighted by atomic mass is 16.5. The average Bonchev–Trinajstić information content (AvgIpc) is 2.63. The number of rotatable bonds is 5. The molecule has 2 fully saturated rings. The van der Waals surface area contributed by atoms with Gasteiger partial charge >= 0.3 is 0 Å². The largest absolute Gasteiger partial charge is 0.378 e. The van der Waals surface area contributed by atoms with Crippen molar-refractivity contribution < 1.29 is 9.53 Å². The van der Waals surface area contributed by atoms with Crippen molar-refractivity contribution in [3.8, 4) is 0 Å². The van der Waals surface area contributed by atoms with Crippen molar-refractivity contribution in [1.29, 1.82) is 0 Å².